The fraction of sp³-hybridized carbons (Fsp3) is 0.583. The van der Waals surface area contributed by atoms with Crippen LogP contribution in [0, 0.1) is 6.92 Å². The largest absolute Gasteiger partial charge is 0.455 e. The van der Waals surface area contributed by atoms with E-state index < -0.39 is 15.0 Å². The lowest BCUT2D eigenvalue weighted by Crippen LogP contribution is -2.43. The summed E-state index contributed by atoms with van der Waals surface area (Å²) in [6.07, 6.45) is 3.99. The van der Waals surface area contributed by atoms with Crippen LogP contribution in [0.4, 0.5) is 0 Å². The van der Waals surface area contributed by atoms with E-state index in [9.17, 15) is 13.2 Å². The SMILES string of the molecule is Cc1oc(C(=O)NC2(C)CCCC2)cc1S(=O)(=O)Cl. The molecule has 1 heterocycles. The van der Waals surface area contributed by atoms with Crippen LogP contribution in [-0.4, -0.2) is 19.9 Å². The maximum Gasteiger partial charge on any atom is 0.287 e. The quantitative estimate of drug-likeness (QED) is 0.871. The molecule has 0 radical (unpaired) electrons. The molecule has 1 saturated carbocycles. The van der Waals surface area contributed by atoms with Gasteiger partial charge in [0, 0.05) is 22.3 Å². The average molecular weight is 306 g/mol. The Morgan fingerprint density at radius 1 is 1.42 bits per heavy atom. The summed E-state index contributed by atoms with van der Waals surface area (Å²) in [5, 5.41) is 2.89. The number of amides is 1. The number of hydrogen-bond donors (Lipinski definition) is 1. The highest BCUT2D eigenvalue weighted by atomic mass is 35.7. The van der Waals surface area contributed by atoms with Crippen molar-refractivity contribution in [2.45, 2.75) is 50.0 Å². The number of aryl methyl sites for hydroxylation is 1. The van der Waals surface area contributed by atoms with E-state index in [4.69, 9.17) is 15.1 Å². The molecule has 0 bridgehead atoms. The van der Waals surface area contributed by atoms with E-state index >= 15 is 0 Å². The molecule has 7 heteroatoms. The van der Waals surface area contributed by atoms with Crippen molar-refractivity contribution >= 4 is 25.6 Å². The smallest absolute Gasteiger partial charge is 0.287 e. The predicted molar refractivity (Wildman–Crippen MR) is 70.8 cm³/mol. The lowest BCUT2D eigenvalue weighted by Gasteiger charge is -2.24. The molecule has 1 N–H and O–H groups in total. The molecule has 106 valence electrons. The van der Waals surface area contributed by atoms with Crippen LogP contribution in [0.1, 0.15) is 48.9 Å². The van der Waals surface area contributed by atoms with Gasteiger partial charge in [-0.05, 0) is 26.7 Å². The first-order valence-corrected chi connectivity index (χ1v) is 8.40. The monoisotopic (exact) mass is 305 g/mol. The summed E-state index contributed by atoms with van der Waals surface area (Å²) in [6.45, 7) is 3.44. The first-order valence-electron chi connectivity index (χ1n) is 6.09. The van der Waals surface area contributed by atoms with Crippen LogP contribution in [0.2, 0.25) is 0 Å². The van der Waals surface area contributed by atoms with Crippen molar-refractivity contribution in [1.29, 1.82) is 0 Å². The van der Waals surface area contributed by atoms with Gasteiger partial charge in [0.15, 0.2) is 5.76 Å². The summed E-state index contributed by atoms with van der Waals surface area (Å²) >= 11 is 0. The molecule has 1 fully saturated rings. The number of halogens is 1. The summed E-state index contributed by atoms with van der Waals surface area (Å²) in [7, 11) is 1.37. The lowest BCUT2D eigenvalue weighted by atomic mass is 10.0. The van der Waals surface area contributed by atoms with Crippen molar-refractivity contribution in [3.05, 3.63) is 17.6 Å². The van der Waals surface area contributed by atoms with Crippen LogP contribution in [0.25, 0.3) is 0 Å². The first kappa shape index (κ1) is 14.4. The molecule has 1 aromatic rings. The Bertz CT molecular complexity index is 599. The molecule has 0 spiro atoms. The fourth-order valence-corrected chi connectivity index (χ4v) is 3.53. The second-order valence-electron chi connectivity index (χ2n) is 5.19. The zero-order valence-corrected chi connectivity index (χ0v) is 12.4. The standard InChI is InChI=1S/C12H16ClNO4S/c1-8-10(19(13,16)17)7-9(18-8)11(15)14-12(2)5-3-4-6-12/h7H,3-6H2,1-2H3,(H,14,15). The van der Waals surface area contributed by atoms with Crippen molar-refractivity contribution in [1.82, 2.24) is 5.32 Å². The van der Waals surface area contributed by atoms with E-state index in [-0.39, 0.29) is 22.0 Å². The highest BCUT2D eigenvalue weighted by molar-refractivity contribution is 8.13. The van der Waals surface area contributed by atoms with Crippen LogP contribution in [0.5, 0.6) is 0 Å². The van der Waals surface area contributed by atoms with Crippen LogP contribution in [-0.2, 0) is 9.05 Å². The Kier molecular flexibility index (Phi) is 3.66. The van der Waals surface area contributed by atoms with E-state index in [2.05, 4.69) is 5.32 Å². The number of carbonyl (C=O) groups excluding carboxylic acids is 1. The molecule has 1 aromatic heterocycles. The maximum atomic E-state index is 12.1. The zero-order chi connectivity index (χ0) is 14.3. The van der Waals surface area contributed by atoms with E-state index in [1.165, 1.54) is 13.0 Å². The summed E-state index contributed by atoms with van der Waals surface area (Å²) < 4.78 is 27.7. The van der Waals surface area contributed by atoms with Gasteiger partial charge in [0.2, 0.25) is 0 Å². The average Bonchev–Trinajstić information content (AvgIpc) is 2.84. The molecule has 19 heavy (non-hydrogen) atoms. The molecule has 0 aromatic carbocycles. The fourth-order valence-electron chi connectivity index (χ4n) is 2.44. The van der Waals surface area contributed by atoms with E-state index in [1.54, 1.807) is 0 Å². The third kappa shape index (κ3) is 3.12. The summed E-state index contributed by atoms with van der Waals surface area (Å²) in [5.41, 5.74) is -0.238. The summed E-state index contributed by atoms with van der Waals surface area (Å²) in [5.74, 6) is -0.305. The Hall–Kier alpha value is -1.01. The van der Waals surface area contributed by atoms with E-state index in [0.29, 0.717) is 0 Å². The molecule has 1 amide bonds. The van der Waals surface area contributed by atoms with Crippen LogP contribution < -0.4 is 5.32 Å². The van der Waals surface area contributed by atoms with Gasteiger partial charge in [-0.1, -0.05) is 12.8 Å². The number of carbonyl (C=O) groups is 1. The Balaban J connectivity index is 2.21. The van der Waals surface area contributed by atoms with Gasteiger partial charge in [-0.2, -0.15) is 0 Å². The van der Waals surface area contributed by atoms with Gasteiger partial charge in [-0.3, -0.25) is 4.79 Å². The lowest BCUT2D eigenvalue weighted by molar-refractivity contribution is 0.0878. The molecule has 2 rings (SSSR count). The van der Waals surface area contributed by atoms with Gasteiger partial charge in [-0.25, -0.2) is 8.42 Å². The van der Waals surface area contributed by atoms with Gasteiger partial charge in [0.05, 0.1) is 0 Å². The minimum Gasteiger partial charge on any atom is -0.455 e. The zero-order valence-electron chi connectivity index (χ0n) is 10.8. The summed E-state index contributed by atoms with van der Waals surface area (Å²) in [6, 6.07) is 1.17. The van der Waals surface area contributed by atoms with Crippen LogP contribution >= 0.6 is 10.7 Å². The maximum absolute atomic E-state index is 12.1. The number of rotatable bonds is 3. The highest BCUT2D eigenvalue weighted by Crippen LogP contribution is 2.30. The Labute approximate surface area is 116 Å². The third-order valence-corrected chi connectivity index (χ3v) is 4.91. The Morgan fingerprint density at radius 3 is 2.47 bits per heavy atom. The topological polar surface area (TPSA) is 76.4 Å². The minimum atomic E-state index is -3.89. The Morgan fingerprint density at radius 2 is 2.00 bits per heavy atom. The normalized spacial score (nSPS) is 18.5. The molecule has 5 nitrogen and oxygen atoms in total. The first-order chi connectivity index (χ1) is 8.71. The number of furan rings is 1. The molecule has 0 unspecified atom stereocenters. The van der Waals surface area contributed by atoms with Crippen molar-refractivity contribution in [2.24, 2.45) is 0 Å². The molecule has 1 aliphatic rings. The predicted octanol–water partition coefficient (Wildman–Crippen LogP) is 2.58. The molecular formula is C12H16ClNO4S. The van der Waals surface area contributed by atoms with Crippen molar-refractivity contribution in [3.63, 3.8) is 0 Å². The summed E-state index contributed by atoms with van der Waals surface area (Å²) in [4.78, 5) is 11.9. The van der Waals surface area contributed by atoms with Gasteiger partial charge in [0.25, 0.3) is 15.0 Å². The molecular weight excluding hydrogens is 290 g/mol. The molecule has 0 atom stereocenters. The van der Waals surface area contributed by atoms with Crippen LogP contribution in [0.3, 0.4) is 0 Å². The van der Waals surface area contributed by atoms with Crippen molar-refractivity contribution in [2.75, 3.05) is 0 Å². The van der Waals surface area contributed by atoms with Gasteiger partial charge in [-0.15, -0.1) is 0 Å². The highest BCUT2D eigenvalue weighted by Gasteiger charge is 2.32. The van der Waals surface area contributed by atoms with Crippen molar-refractivity contribution < 1.29 is 17.6 Å². The molecule has 1 aliphatic carbocycles. The third-order valence-electron chi connectivity index (χ3n) is 3.48. The second-order valence-corrected chi connectivity index (χ2v) is 7.73. The van der Waals surface area contributed by atoms with Crippen LogP contribution in [0.15, 0.2) is 15.4 Å². The van der Waals surface area contributed by atoms with E-state index in [0.717, 1.165) is 25.7 Å². The minimum absolute atomic E-state index is 0.0233. The van der Waals surface area contributed by atoms with Gasteiger partial charge in [0.1, 0.15) is 10.7 Å². The molecule has 0 saturated heterocycles. The number of nitrogens with one attached hydrogen (secondary N) is 1. The molecule has 0 aliphatic heterocycles. The van der Waals surface area contributed by atoms with Crippen molar-refractivity contribution in [3.8, 4) is 0 Å². The van der Waals surface area contributed by atoms with Gasteiger partial charge >= 0.3 is 0 Å². The van der Waals surface area contributed by atoms with Gasteiger partial charge < -0.3 is 9.73 Å². The van der Waals surface area contributed by atoms with E-state index in [1.807, 2.05) is 6.92 Å². The number of hydrogen-bond acceptors (Lipinski definition) is 4. The second kappa shape index (κ2) is 4.83.